The highest BCUT2D eigenvalue weighted by atomic mass is 79.9. The Hall–Kier alpha value is -1.63. The molecule has 0 aromatic carbocycles. The number of aromatic nitrogens is 1. The van der Waals surface area contributed by atoms with E-state index in [4.69, 9.17) is 4.74 Å². The van der Waals surface area contributed by atoms with E-state index < -0.39 is 18.0 Å². The van der Waals surface area contributed by atoms with Gasteiger partial charge in [0.2, 0.25) is 0 Å². The summed E-state index contributed by atoms with van der Waals surface area (Å²) in [5, 5.41) is 4.40. The highest BCUT2D eigenvalue weighted by Crippen LogP contribution is 2.22. The Balaban J connectivity index is 2.60. The van der Waals surface area contributed by atoms with E-state index in [1.165, 1.54) is 14.0 Å². The molecule has 1 aromatic rings. The second-order valence-corrected chi connectivity index (χ2v) is 3.87. The van der Waals surface area contributed by atoms with Gasteiger partial charge in [-0.15, -0.1) is 0 Å². The van der Waals surface area contributed by atoms with Crippen molar-refractivity contribution < 1.29 is 14.3 Å². The molecule has 7 heteroatoms. The number of nitrogens with one attached hydrogen (secondary N) is 2. The van der Waals surface area contributed by atoms with Gasteiger partial charge in [-0.25, -0.2) is 9.78 Å². The lowest BCUT2D eigenvalue weighted by molar-refractivity contribution is -0.126. The summed E-state index contributed by atoms with van der Waals surface area (Å²) in [6.07, 6.45) is 0.791. The zero-order valence-corrected chi connectivity index (χ0v) is 10.9. The monoisotopic (exact) mass is 301 g/mol. The molecule has 0 bridgehead atoms. The highest BCUT2D eigenvalue weighted by molar-refractivity contribution is 9.10. The van der Waals surface area contributed by atoms with Crippen LogP contribution in [0.5, 0.6) is 5.75 Å². The quantitative estimate of drug-likeness (QED) is 0.818. The molecule has 1 rings (SSSR count). The molecule has 0 saturated heterocycles. The first kappa shape index (κ1) is 13.4. The molecule has 6 nitrogen and oxygen atoms in total. The smallest absolute Gasteiger partial charge is 0.321 e. The summed E-state index contributed by atoms with van der Waals surface area (Å²) in [5.41, 5.74) is 0. The number of hydrogen-bond acceptors (Lipinski definition) is 4. The first-order valence-corrected chi connectivity index (χ1v) is 5.63. The SMILES string of the molecule is CNC(=O)NC(=O)C(C)Oc1cccnc1Br. The second-order valence-electron chi connectivity index (χ2n) is 3.12. The van der Waals surface area contributed by atoms with Crippen molar-refractivity contribution in [2.45, 2.75) is 13.0 Å². The number of rotatable bonds is 3. The van der Waals surface area contributed by atoms with Crippen LogP contribution in [0.1, 0.15) is 6.92 Å². The predicted octanol–water partition coefficient (Wildman–Crippen LogP) is 1.07. The number of hydrogen-bond donors (Lipinski definition) is 2. The van der Waals surface area contributed by atoms with Gasteiger partial charge in [0.1, 0.15) is 4.60 Å². The lowest BCUT2D eigenvalue weighted by Crippen LogP contribution is -2.44. The maximum atomic E-state index is 11.5. The summed E-state index contributed by atoms with van der Waals surface area (Å²) in [4.78, 5) is 26.4. The highest BCUT2D eigenvalue weighted by Gasteiger charge is 2.17. The van der Waals surface area contributed by atoms with Crippen molar-refractivity contribution in [1.82, 2.24) is 15.6 Å². The predicted molar refractivity (Wildman–Crippen MR) is 64.6 cm³/mol. The molecule has 0 aliphatic carbocycles. The van der Waals surface area contributed by atoms with Crippen LogP contribution < -0.4 is 15.4 Å². The Morgan fingerprint density at radius 1 is 1.53 bits per heavy atom. The summed E-state index contributed by atoms with van der Waals surface area (Å²) < 4.78 is 5.85. The van der Waals surface area contributed by atoms with Gasteiger partial charge in [0.05, 0.1) is 0 Å². The molecule has 17 heavy (non-hydrogen) atoms. The van der Waals surface area contributed by atoms with Gasteiger partial charge >= 0.3 is 6.03 Å². The van der Waals surface area contributed by atoms with Crippen LogP contribution in [0.25, 0.3) is 0 Å². The molecule has 0 aliphatic heterocycles. The van der Waals surface area contributed by atoms with E-state index in [9.17, 15) is 9.59 Å². The van der Waals surface area contributed by atoms with Crippen LogP contribution in [-0.4, -0.2) is 30.1 Å². The van der Waals surface area contributed by atoms with Crippen molar-refractivity contribution in [2.75, 3.05) is 7.05 Å². The number of imide groups is 1. The van der Waals surface area contributed by atoms with Crippen molar-refractivity contribution in [3.63, 3.8) is 0 Å². The Morgan fingerprint density at radius 2 is 2.24 bits per heavy atom. The van der Waals surface area contributed by atoms with Gasteiger partial charge < -0.3 is 10.1 Å². The third-order valence-electron chi connectivity index (χ3n) is 1.86. The van der Waals surface area contributed by atoms with Crippen molar-refractivity contribution in [3.8, 4) is 5.75 Å². The first-order valence-electron chi connectivity index (χ1n) is 4.84. The topological polar surface area (TPSA) is 80.3 Å². The molecule has 92 valence electrons. The van der Waals surface area contributed by atoms with Gasteiger partial charge in [-0.3, -0.25) is 10.1 Å². The molecule has 1 heterocycles. The molecule has 3 amide bonds. The Kier molecular flexibility index (Phi) is 4.89. The summed E-state index contributed by atoms with van der Waals surface area (Å²) in [5.74, 6) is -0.0906. The molecule has 0 aliphatic rings. The summed E-state index contributed by atoms with van der Waals surface area (Å²) in [6, 6.07) is 2.78. The first-order chi connectivity index (χ1) is 8.04. The Labute approximate surface area is 107 Å². The summed E-state index contributed by atoms with van der Waals surface area (Å²) in [6.45, 7) is 1.54. The van der Waals surface area contributed by atoms with Gasteiger partial charge in [0.15, 0.2) is 11.9 Å². The van der Waals surface area contributed by atoms with Crippen molar-refractivity contribution >= 4 is 27.9 Å². The zero-order valence-electron chi connectivity index (χ0n) is 9.36. The van der Waals surface area contributed by atoms with Crippen molar-refractivity contribution in [1.29, 1.82) is 0 Å². The second kappa shape index (κ2) is 6.19. The molecular formula is C10H12BrN3O3. The van der Waals surface area contributed by atoms with E-state index >= 15 is 0 Å². The standard InChI is InChI=1S/C10H12BrN3O3/c1-6(9(15)14-10(16)12-2)17-7-4-3-5-13-8(7)11/h3-6H,1-2H3,(H2,12,14,15,16). The van der Waals surface area contributed by atoms with Crippen LogP contribution in [0.3, 0.4) is 0 Å². The van der Waals surface area contributed by atoms with Crippen LogP contribution in [-0.2, 0) is 4.79 Å². The van der Waals surface area contributed by atoms with Gasteiger partial charge in [-0.2, -0.15) is 0 Å². The fourth-order valence-electron chi connectivity index (χ4n) is 0.979. The molecule has 1 unspecified atom stereocenters. The number of amides is 3. The van der Waals surface area contributed by atoms with Crippen molar-refractivity contribution in [2.24, 2.45) is 0 Å². The minimum absolute atomic E-state index is 0.437. The summed E-state index contributed by atoms with van der Waals surface area (Å²) in [7, 11) is 1.42. The van der Waals surface area contributed by atoms with Crippen LogP contribution in [0.4, 0.5) is 4.79 Å². The molecule has 1 aromatic heterocycles. The molecular weight excluding hydrogens is 290 g/mol. The maximum absolute atomic E-state index is 11.5. The number of carbonyl (C=O) groups excluding carboxylic acids is 2. The average Bonchev–Trinajstić information content (AvgIpc) is 2.31. The van der Waals surface area contributed by atoms with Crippen LogP contribution >= 0.6 is 15.9 Å². The number of urea groups is 1. The van der Waals surface area contributed by atoms with Gasteiger partial charge in [0, 0.05) is 13.2 Å². The molecule has 0 radical (unpaired) electrons. The Bertz CT molecular complexity index is 425. The van der Waals surface area contributed by atoms with E-state index in [0.717, 1.165) is 0 Å². The van der Waals surface area contributed by atoms with Crippen LogP contribution in [0.15, 0.2) is 22.9 Å². The average molecular weight is 302 g/mol. The third-order valence-corrected chi connectivity index (χ3v) is 2.46. The van der Waals surface area contributed by atoms with E-state index in [2.05, 4.69) is 31.5 Å². The lowest BCUT2D eigenvalue weighted by atomic mass is 10.3. The van der Waals surface area contributed by atoms with Crippen LogP contribution in [0, 0.1) is 0 Å². The molecule has 2 N–H and O–H groups in total. The lowest BCUT2D eigenvalue weighted by Gasteiger charge is -2.14. The fourth-order valence-corrected chi connectivity index (χ4v) is 1.32. The molecule has 0 saturated carbocycles. The number of nitrogens with zero attached hydrogens (tertiary/aromatic N) is 1. The van der Waals surface area contributed by atoms with Gasteiger partial charge in [-0.1, -0.05) is 0 Å². The maximum Gasteiger partial charge on any atom is 0.321 e. The number of carbonyl (C=O) groups is 2. The van der Waals surface area contributed by atoms with E-state index in [1.807, 2.05) is 0 Å². The van der Waals surface area contributed by atoms with Gasteiger partial charge in [0.25, 0.3) is 5.91 Å². The normalized spacial score (nSPS) is 11.5. The zero-order chi connectivity index (χ0) is 12.8. The fraction of sp³-hybridized carbons (Fsp3) is 0.300. The summed E-state index contributed by atoms with van der Waals surface area (Å²) >= 11 is 3.19. The molecule has 1 atom stereocenters. The molecule has 0 fully saturated rings. The minimum Gasteiger partial charge on any atom is -0.478 e. The number of pyridine rings is 1. The number of halogens is 1. The van der Waals surface area contributed by atoms with E-state index in [0.29, 0.717) is 10.4 Å². The van der Waals surface area contributed by atoms with Gasteiger partial charge in [-0.05, 0) is 35.0 Å². The van der Waals surface area contributed by atoms with Crippen molar-refractivity contribution in [3.05, 3.63) is 22.9 Å². The van der Waals surface area contributed by atoms with E-state index in [-0.39, 0.29) is 0 Å². The third kappa shape index (κ3) is 4.03. The van der Waals surface area contributed by atoms with E-state index in [1.54, 1.807) is 18.3 Å². The largest absolute Gasteiger partial charge is 0.478 e. The molecule has 0 spiro atoms. The van der Waals surface area contributed by atoms with Crippen LogP contribution in [0.2, 0.25) is 0 Å². The minimum atomic E-state index is -0.798. The number of ether oxygens (including phenoxy) is 1. The Morgan fingerprint density at radius 3 is 2.82 bits per heavy atom.